The summed E-state index contributed by atoms with van der Waals surface area (Å²) in [5.41, 5.74) is 0. The van der Waals surface area contributed by atoms with Crippen LogP contribution < -0.4 is 0 Å². The smallest absolute Gasteiger partial charge is 0.331 e. The molecule has 0 saturated heterocycles. The molecule has 1 aliphatic rings. The van der Waals surface area contributed by atoms with Gasteiger partial charge < -0.3 is 9.84 Å². The van der Waals surface area contributed by atoms with Gasteiger partial charge in [-0.05, 0) is 26.2 Å². The van der Waals surface area contributed by atoms with E-state index in [1.54, 1.807) is 18.2 Å². The molecule has 0 aromatic carbocycles. The number of aliphatic hydroxyl groups is 1. The lowest BCUT2D eigenvalue weighted by Crippen LogP contribution is -2.12. The lowest BCUT2D eigenvalue weighted by atomic mass is 10.0. The summed E-state index contributed by atoms with van der Waals surface area (Å²) in [6.07, 6.45) is 14.8. The molecule has 1 aliphatic heterocycles. The molecule has 1 rings (SSSR count). The van der Waals surface area contributed by atoms with Crippen molar-refractivity contribution in [2.75, 3.05) is 0 Å². The number of carbonyl (C=O) groups is 1. The van der Waals surface area contributed by atoms with E-state index in [0.717, 1.165) is 25.7 Å². The van der Waals surface area contributed by atoms with Gasteiger partial charge in [-0.25, -0.2) is 4.79 Å². The summed E-state index contributed by atoms with van der Waals surface area (Å²) in [5, 5.41) is 9.69. The fourth-order valence-electron chi connectivity index (χ4n) is 2.21. The molecular weight excluding hydrogens is 240 g/mol. The molecule has 19 heavy (non-hydrogen) atoms. The molecule has 0 amide bonds. The highest BCUT2D eigenvalue weighted by molar-refractivity contribution is 5.82. The van der Waals surface area contributed by atoms with E-state index in [2.05, 4.69) is 0 Å². The minimum atomic E-state index is -0.410. The number of aliphatic hydroxyl groups excluding tert-OH is 1. The van der Waals surface area contributed by atoms with Crippen molar-refractivity contribution in [2.24, 2.45) is 0 Å². The van der Waals surface area contributed by atoms with E-state index in [4.69, 9.17) is 4.74 Å². The quantitative estimate of drug-likeness (QED) is 0.682. The number of hydrogen-bond donors (Lipinski definition) is 1. The second-order valence-corrected chi connectivity index (χ2v) is 5.26. The number of carbonyl (C=O) groups excluding carboxylic acids is 1. The maximum Gasteiger partial charge on any atom is 0.331 e. The predicted octanol–water partition coefficient (Wildman–Crippen LogP) is 3.53. The Morgan fingerprint density at radius 2 is 1.68 bits per heavy atom. The number of ether oxygens (including phenoxy) is 1. The van der Waals surface area contributed by atoms with E-state index in [1.165, 1.54) is 31.8 Å². The number of rotatable bonds is 0. The SMILES string of the molecule is C[C@@H]1CCCCCCCC[C@@H](O)/C=C\C=C/C(=O)O1. The molecule has 3 heteroatoms. The summed E-state index contributed by atoms with van der Waals surface area (Å²) in [6, 6.07) is 0. The molecule has 0 aromatic rings. The summed E-state index contributed by atoms with van der Waals surface area (Å²) in [6.45, 7) is 1.94. The standard InChI is InChI=1S/C16H26O3/c1-14-10-6-4-2-3-5-7-11-15(17)12-8-9-13-16(18)19-14/h8-9,12-15,17H,2-7,10-11H2,1H3/b12-8-,13-9-/t14-,15-/m1/s1. The molecule has 0 aliphatic carbocycles. The monoisotopic (exact) mass is 266 g/mol. The number of cyclic esters (lactones) is 1. The predicted molar refractivity (Wildman–Crippen MR) is 76.8 cm³/mol. The van der Waals surface area contributed by atoms with E-state index in [-0.39, 0.29) is 12.1 Å². The summed E-state index contributed by atoms with van der Waals surface area (Å²) < 4.78 is 5.26. The van der Waals surface area contributed by atoms with Crippen molar-refractivity contribution in [3.05, 3.63) is 24.3 Å². The third kappa shape index (κ3) is 8.60. The third-order valence-electron chi connectivity index (χ3n) is 3.35. The van der Waals surface area contributed by atoms with Gasteiger partial charge in [-0.1, -0.05) is 50.3 Å². The Hall–Kier alpha value is -1.09. The van der Waals surface area contributed by atoms with Crippen molar-refractivity contribution in [1.29, 1.82) is 0 Å². The molecule has 0 fully saturated rings. The van der Waals surface area contributed by atoms with Crippen LogP contribution in [0.5, 0.6) is 0 Å². The number of allylic oxidation sites excluding steroid dienone is 2. The summed E-state index contributed by atoms with van der Waals surface area (Å²) in [7, 11) is 0. The molecule has 0 radical (unpaired) electrons. The summed E-state index contributed by atoms with van der Waals surface area (Å²) in [5.74, 6) is -0.307. The Bertz CT molecular complexity index is 307. The fourth-order valence-corrected chi connectivity index (χ4v) is 2.21. The van der Waals surface area contributed by atoms with Crippen molar-refractivity contribution < 1.29 is 14.6 Å². The minimum Gasteiger partial charge on any atom is -0.460 e. The molecule has 1 heterocycles. The zero-order chi connectivity index (χ0) is 13.9. The first-order valence-electron chi connectivity index (χ1n) is 7.42. The average molecular weight is 266 g/mol. The minimum absolute atomic E-state index is 0.0142. The normalized spacial score (nSPS) is 31.4. The van der Waals surface area contributed by atoms with Crippen molar-refractivity contribution >= 4 is 5.97 Å². The maximum atomic E-state index is 11.5. The van der Waals surface area contributed by atoms with Gasteiger partial charge in [0.25, 0.3) is 0 Å². The van der Waals surface area contributed by atoms with Crippen LogP contribution in [0.2, 0.25) is 0 Å². The lowest BCUT2D eigenvalue weighted by Gasteiger charge is -2.11. The van der Waals surface area contributed by atoms with Gasteiger partial charge in [0.15, 0.2) is 0 Å². The highest BCUT2D eigenvalue weighted by atomic mass is 16.5. The van der Waals surface area contributed by atoms with Crippen LogP contribution in [0.4, 0.5) is 0 Å². The highest BCUT2D eigenvalue weighted by Crippen LogP contribution is 2.12. The van der Waals surface area contributed by atoms with Gasteiger partial charge in [-0.3, -0.25) is 0 Å². The van der Waals surface area contributed by atoms with Crippen molar-refractivity contribution in [2.45, 2.75) is 70.5 Å². The van der Waals surface area contributed by atoms with Crippen LogP contribution in [0, 0.1) is 0 Å². The van der Waals surface area contributed by atoms with Gasteiger partial charge >= 0.3 is 5.97 Å². The molecule has 0 bridgehead atoms. The lowest BCUT2D eigenvalue weighted by molar-refractivity contribution is -0.142. The van der Waals surface area contributed by atoms with Gasteiger partial charge in [0.05, 0.1) is 12.2 Å². The van der Waals surface area contributed by atoms with Gasteiger partial charge in [-0.2, -0.15) is 0 Å². The first-order valence-corrected chi connectivity index (χ1v) is 7.42. The first-order chi connectivity index (χ1) is 9.18. The highest BCUT2D eigenvalue weighted by Gasteiger charge is 2.06. The van der Waals surface area contributed by atoms with E-state index >= 15 is 0 Å². The second-order valence-electron chi connectivity index (χ2n) is 5.26. The third-order valence-corrected chi connectivity index (χ3v) is 3.35. The van der Waals surface area contributed by atoms with E-state index in [0.29, 0.717) is 0 Å². The van der Waals surface area contributed by atoms with Crippen LogP contribution in [-0.4, -0.2) is 23.3 Å². The Kier molecular flexibility index (Phi) is 8.23. The first kappa shape index (κ1) is 16.0. The van der Waals surface area contributed by atoms with Gasteiger partial charge in [0.2, 0.25) is 0 Å². The van der Waals surface area contributed by atoms with Crippen LogP contribution in [0.25, 0.3) is 0 Å². The average Bonchev–Trinajstić information content (AvgIpc) is 2.36. The largest absolute Gasteiger partial charge is 0.460 e. The number of esters is 1. The van der Waals surface area contributed by atoms with Crippen LogP contribution in [-0.2, 0) is 9.53 Å². The van der Waals surface area contributed by atoms with Crippen LogP contribution >= 0.6 is 0 Å². The van der Waals surface area contributed by atoms with Gasteiger partial charge in [-0.15, -0.1) is 0 Å². The van der Waals surface area contributed by atoms with Crippen LogP contribution in [0.15, 0.2) is 24.3 Å². The summed E-state index contributed by atoms with van der Waals surface area (Å²) >= 11 is 0. The van der Waals surface area contributed by atoms with Crippen molar-refractivity contribution in [3.63, 3.8) is 0 Å². The summed E-state index contributed by atoms with van der Waals surface area (Å²) in [4.78, 5) is 11.5. The fraction of sp³-hybridized carbons (Fsp3) is 0.688. The molecule has 3 nitrogen and oxygen atoms in total. The zero-order valence-electron chi connectivity index (χ0n) is 11.9. The van der Waals surface area contributed by atoms with E-state index in [1.807, 2.05) is 6.92 Å². The van der Waals surface area contributed by atoms with Gasteiger partial charge in [0, 0.05) is 6.08 Å². The molecule has 0 aromatic heterocycles. The Labute approximate surface area is 116 Å². The molecule has 1 N–H and O–H groups in total. The Morgan fingerprint density at radius 3 is 2.42 bits per heavy atom. The molecular formula is C16H26O3. The maximum absolute atomic E-state index is 11.5. The van der Waals surface area contributed by atoms with E-state index < -0.39 is 6.10 Å². The molecule has 0 unspecified atom stereocenters. The van der Waals surface area contributed by atoms with Crippen LogP contribution in [0.1, 0.15) is 58.3 Å². The van der Waals surface area contributed by atoms with Crippen LogP contribution in [0.3, 0.4) is 0 Å². The molecule has 108 valence electrons. The zero-order valence-corrected chi connectivity index (χ0v) is 11.9. The van der Waals surface area contributed by atoms with Crippen molar-refractivity contribution in [1.82, 2.24) is 0 Å². The molecule has 0 saturated carbocycles. The van der Waals surface area contributed by atoms with Crippen molar-refractivity contribution in [3.8, 4) is 0 Å². The Morgan fingerprint density at radius 1 is 1.05 bits per heavy atom. The second kappa shape index (κ2) is 9.79. The molecule has 0 spiro atoms. The Balaban J connectivity index is 2.47. The number of hydrogen-bond acceptors (Lipinski definition) is 3. The van der Waals surface area contributed by atoms with Gasteiger partial charge in [0.1, 0.15) is 0 Å². The molecule has 2 atom stereocenters. The topological polar surface area (TPSA) is 46.5 Å². The van der Waals surface area contributed by atoms with E-state index in [9.17, 15) is 9.90 Å².